The average molecular weight is 255 g/mol. The van der Waals surface area contributed by atoms with Gasteiger partial charge < -0.3 is 4.90 Å². The molecule has 0 aromatic heterocycles. The van der Waals surface area contributed by atoms with E-state index in [1.165, 1.54) is 77.4 Å². The van der Waals surface area contributed by atoms with E-state index < -0.39 is 0 Å². The van der Waals surface area contributed by atoms with Crippen LogP contribution in [0, 0.1) is 5.92 Å². The van der Waals surface area contributed by atoms with Gasteiger partial charge in [0.2, 0.25) is 0 Å². The predicted octanol–water partition coefficient (Wildman–Crippen LogP) is 5.50. The number of hydrogen-bond donors (Lipinski definition) is 0. The smallest absolute Gasteiger partial charge is 0.00162 e. The monoisotopic (exact) mass is 255 g/mol. The molecular weight excluding hydrogens is 218 g/mol. The molecule has 0 unspecified atom stereocenters. The van der Waals surface area contributed by atoms with Gasteiger partial charge in [-0.2, -0.15) is 0 Å². The molecule has 1 aliphatic heterocycles. The van der Waals surface area contributed by atoms with Crippen molar-refractivity contribution in [3.05, 3.63) is 0 Å². The van der Waals surface area contributed by atoms with Crippen molar-refractivity contribution < 1.29 is 0 Å². The Morgan fingerprint density at radius 1 is 0.833 bits per heavy atom. The van der Waals surface area contributed by atoms with E-state index in [9.17, 15) is 0 Å². The molecule has 0 aromatic rings. The van der Waals surface area contributed by atoms with Crippen LogP contribution in [-0.2, 0) is 0 Å². The summed E-state index contributed by atoms with van der Waals surface area (Å²) in [5.74, 6) is 0.977. The van der Waals surface area contributed by atoms with Crippen LogP contribution in [-0.4, -0.2) is 24.5 Å². The van der Waals surface area contributed by atoms with Gasteiger partial charge in [-0.05, 0) is 44.8 Å². The molecule has 1 heteroatoms. The van der Waals surface area contributed by atoms with Gasteiger partial charge in [0, 0.05) is 0 Å². The maximum Gasteiger partial charge on any atom is -0.00162 e. The van der Waals surface area contributed by atoms with Gasteiger partial charge in [-0.3, -0.25) is 0 Å². The Labute approximate surface area is 116 Å². The second kappa shape index (κ2) is 13.4. The van der Waals surface area contributed by atoms with Crippen LogP contribution in [0.4, 0.5) is 0 Å². The number of rotatable bonds is 8. The zero-order valence-corrected chi connectivity index (χ0v) is 13.5. The van der Waals surface area contributed by atoms with E-state index in [1.54, 1.807) is 0 Å². The third-order valence-electron chi connectivity index (χ3n) is 3.95. The third-order valence-corrected chi connectivity index (χ3v) is 3.95. The Balaban J connectivity index is 0.00000137. The highest BCUT2D eigenvalue weighted by Crippen LogP contribution is 2.16. The summed E-state index contributed by atoms with van der Waals surface area (Å²) in [6.07, 6.45) is 12.9. The average Bonchev–Trinajstić information content (AvgIpc) is 2.42. The summed E-state index contributed by atoms with van der Waals surface area (Å²) in [6, 6.07) is 0. The Morgan fingerprint density at radius 2 is 1.33 bits per heavy atom. The van der Waals surface area contributed by atoms with Crippen LogP contribution in [0.5, 0.6) is 0 Å². The Morgan fingerprint density at radius 3 is 1.89 bits per heavy atom. The standard InChI is InChI=1S/C15H31N.C2H6/c1-3-4-5-6-7-8-9-12-16-13-10-15(2)11-14-16;1-2/h15H,3-14H2,1-2H3;1-2H3. The molecule has 1 nitrogen and oxygen atoms in total. The Kier molecular flexibility index (Phi) is 13.4. The van der Waals surface area contributed by atoms with Crippen molar-refractivity contribution in [2.24, 2.45) is 5.92 Å². The van der Waals surface area contributed by atoms with E-state index in [4.69, 9.17) is 0 Å². The van der Waals surface area contributed by atoms with Crippen LogP contribution in [0.3, 0.4) is 0 Å². The van der Waals surface area contributed by atoms with Crippen LogP contribution in [0.25, 0.3) is 0 Å². The largest absolute Gasteiger partial charge is 0.303 e. The first-order valence-electron chi connectivity index (χ1n) is 8.55. The molecular formula is C17H37N. The lowest BCUT2D eigenvalue weighted by Gasteiger charge is -2.30. The Bertz CT molecular complexity index is 148. The van der Waals surface area contributed by atoms with Crippen LogP contribution >= 0.6 is 0 Å². The van der Waals surface area contributed by atoms with Crippen molar-refractivity contribution in [1.82, 2.24) is 4.90 Å². The van der Waals surface area contributed by atoms with E-state index in [-0.39, 0.29) is 0 Å². The molecule has 0 spiro atoms. The summed E-state index contributed by atoms with van der Waals surface area (Å²) in [5, 5.41) is 0. The highest BCUT2D eigenvalue weighted by atomic mass is 15.1. The minimum atomic E-state index is 0.977. The van der Waals surface area contributed by atoms with Crippen LogP contribution in [0.1, 0.15) is 85.5 Å². The first kappa shape index (κ1) is 18.0. The maximum atomic E-state index is 2.67. The molecule has 0 radical (unpaired) electrons. The normalized spacial score (nSPS) is 17.3. The number of likely N-dealkylation sites (tertiary alicyclic amines) is 1. The van der Waals surface area contributed by atoms with Crippen molar-refractivity contribution in [2.45, 2.75) is 85.5 Å². The van der Waals surface area contributed by atoms with Crippen LogP contribution in [0.2, 0.25) is 0 Å². The van der Waals surface area contributed by atoms with Gasteiger partial charge in [-0.15, -0.1) is 0 Å². The summed E-state index contributed by atoms with van der Waals surface area (Å²) in [4.78, 5) is 2.67. The molecule has 0 atom stereocenters. The third kappa shape index (κ3) is 9.94. The van der Waals surface area contributed by atoms with Crippen LogP contribution < -0.4 is 0 Å². The topological polar surface area (TPSA) is 3.24 Å². The van der Waals surface area contributed by atoms with Gasteiger partial charge in [-0.1, -0.05) is 66.2 Å². The van der Waals surface area contributed by atoms with Gasteiger partial charge in [0.1, 0.15) is 0 Å². The number of piperidine rings is 1. The SMILES string of the molecule is CC.CCCCCCCCCN1CCC(C)CC1. The van der Waals surface area contributed by atoms with Crippen molar-refractivity contribution in [3.63, 3.8) is 0 Å². The van der Waals surface area contributed by atoms with Crippen molar-refractivity contribution in [1.29, 1.82) is 0 Å². The molecule has 0 saturated carbocycles. The van der Waals surface area contributed by atoms with Crippen molar-refractivity contribution in [2.75, 3.05) is 19.6 Å². The summed E-state index contributed by atoms with van der Waals surface area (Å²) in [7, 11) is 0. The number of hydrogen-bond acceptors (Lipinski definition) is 1. The minimum absolute atomic E-state index is 0.977. The number of nitrogens with zero attached hydrogens (tertiary/aromatic N) is 1. The molecule has 0 aromatic carbocycles. The fraction of sp³-hybridized carbons (Fsp3) is 1.00. The van der Waals surface area contributed by atoms with E-state index in [0.29, 0.717) is 0 Å². The highest BCUT2D eigenvalue weighted by molar-refractivity contribution is 4.69. The predicted molar refractivity (Wildman–Crippen MR) is 84.2 cm³/mol. The van der Waals surface area contributed by atoms with Crippen LogP contribution in [0.15, 0.2) is 0 Å². The van der Waals surface area contributed by atoms with Gasteiger partial charge >= 0.3 is 0 Å². The molecule has 0 amide bonds. The molecule has 0 bridgehead atoms. The molecule has 1 aliphatic rings. The second-order valence-corrected chi connectivity index (χ2v) is 5.65. The molecule has 0 N–H and O–H groups in total. The van der Waals surface area contributed by atoms with Gasteiger partial charge in [-0.25, -0.2) is 0 Å². The molecule has 1 saturated heterocycles. The van der Waals surface area contributed by atoms with Gasteiger partial charge in [0.05, 0.1) is 0 Å². The lowest BCUT2D eigenvalue weighted by Crippen LogP contribution is -2.33. The molecule has 1 heterocycles. The summed E-state index contributed by atoms with van der Waals surface area (Å²) in [6.45, 7) is 12.8. The minimum Gasteiger partial charge on any atom is -0.303 e. The molecule has 1 fully saturated rings. The maximum absolute atomic E-state index is 2.67. The Hall–Kier alpha value is -0.0400. The number of unbranched alkanes of at least 4 members (excludes halogenated alkanes) is 6. The lowest BCUT2D eigenvalue weighted by molar-refractivity contribution is 0.189. The first-order valence-corrected chi connectivity index (χ1v) is 8.55. The quantitative estimate of drug-likeness (QED) is 0.518. The molecule has 18 heavy (non-hydrogen) atoms. The van der Waals surface area contributed by atoms with Gasteiger partial charge in [0.25, 0.3) is 0 Å². The van der Waals surface area contributed by atoms with Crippen molar-refractivity contribution in [3.8, 4) is 0 Å². The summed E-state index contributed by atoms with van der Waals surface area (Å²) >= 11 is 0. The van der Waals surface area contributed by atoms with Crippen molar-refractivity contribution >= 4 is 0 Å². The molecule has 110 valence electrons. The molecule has 0 aliphatic carbocycles. The van der Waals surface area contributed by atoms with Gasteiger partial charge in [0.15, 0.2) is 0 Å². The van der Waals surface area contributed by atoms with E-state index in [0.717, 1.165) is 5.92 Å². The van der Waals surface area contributed by atoms with E-state index in [2.05, 4.69) is 18.7 Å². The van der Waals surface area contributed by atoms with E-state index >= 15 is 0 Å². The fourth-order valence-corrected chi connectivity index (χ4v) is 2.58. The van der Waals surface area contributed by atoms with E-state index in [1.807, 2.05) is 13.8 Å². The molecule has 1 rings (SSSR count). The zero-order valence-electron chi connectivity index (χ0n) is 13.5. The fourth-order valence-electron chi connectivity index (χ4n) is 2.58. The second-order valence-electron chi connectivity index (χ2n) is 5.65. The highest BCUT2D eigenvalue weighted by Gasteiger charge is 2.14. The lowest BCUT2D eigenvalue weighted by atomic mass is 9.99. The summed E-state index contributed by atoms with van der Waals surface area (Å²) in [5.41, 5.74) is 0. The first-order chi connectivity index (χ1) is 8.83. The summed E-state index contributed by atoms with van der Waals surface area (Å²) < 4.78 is 0. The zero-order chi connectivity index (χ0) is 13.6.